The fourth-order valence-electron chi connectivity index (χ4n) is 2.41. The number of hydrogen-bond acceptors (Lipinski definition) is 6. The molecule has 1 amide bonds. The van der Waals surface area contributed by atoms with Crippen molar-refractivity contribution in [1.82, 2.24) is 5.32 Å². The van der Waals surface area contributed by atoms with Crippen molar-refractivity contribution in [3.8, 4) is 0 Å². The minimum atomic E-state index is -3.54. The maximum Gasteiger partial charge on any atom is 0.293 e. The minimum Gasteiger partial charge on any atom is -0.378 e. The number of nitrogens with zero attached hydrogens (tertiary/aromatic N) is 1. The SMILES string of the molecule is CCc1ccc(C(=O)NCCNc2ccc(S(C)(=O)=O)cc2[N+](=O)[O-])cc1. The molecule has 8 nitrogen and oxygen atoms in total. The number of rotatable bonds is 8. The molecule has 2 aromatic carbocycles. The largest absolute Gasteiger partial charge is 0.378 e. The van der Waals surface area contributed by atoms with Crippen molar-refractivity contribution >= 4 is 27.1 Å². The first-order valence-electron chi connectivity index (χ1n) is 8.32. The Bertz CT molecular complexity index is 940. The highest BCUT2D eigenvalue weighted by Gasteiger charge is 2.18. The zero-order valence-electron chi connectivity index (χ0n) is 15.1. The lowest BCUT2D eigenvalue weighted by atomic mass is 10.1. The van der Waals surface area contributed by atoms with Gasteiger partial charge in [-0.2, -0.15) is 0 Å². The quantitative estimate of drug-likeness (QED) is 0.405. The number of hydrogen-bond donors (Lipinski definition) is 2. The van der Waals surface area contributed by atoms with E-state index < -0.39 is 14.8 Å². The number of carbonyl (C=O) groups is 1. The van der Waals surface area contributed by atoms with Gasteiger partial charge in [-0.15, -0.1) is 0 Å². The van der Waals surface area contributed by atoms with Crippen molar-refractivity contribution in [2.45, 2.75) is 18.2 Å². The first-order valence-corrected chi connectivity index (χ1v) is 10.2. The van der Waals surface area contributed by atoms with E-state index in [-0.39, 0.29) is 35.3 Å². The minimum absolute atomic E-state index is 0.122. The molecular formula is C18H21N3O5S. The van der Waals surface area contributed by atoms with Gasteiger partial charge in [-0.05, 0) is 36.2 Å². The Labute approximate surface area is 157 Å². The monoisotopic (exact) mass is 391 g/mol. The third kappa shape index (κ3) is 5.52. The van der Waals surface area contributed by atoms with Crippen LogP contribution in [0.2, 0.25) is 0 Å². The van der Waals surface area contributed by atoms with E-state index in [9.17, 15) is 23.3 Å². The van der Waals surface area contributed by atoms with Crippen LogP contribution in [0.3, 0.4) is 0 Å². The summed E-state index contributed by atoms with van der Waals surface area (Å²) in [7, 11) is -3.54. The Morgan fingerprint density at radius 2 is 1.78 bits per heavy atom. The molecule has 9 heteroatoms. The number of nitro benzene ring substituents is 1. The average molecular weight is 391 g/mol. The zero-order chi connectivity index (χ0) is 20.0. The fraction of sp³-hybridized carbons (Fsp3) is 0.278. The molecule has 0 unspecified atom stereocenters. The van der Waals surface area contributed by atoms with Gasteiger partial charge in [-0.1, -0.05) is 19.1 Å². The molecule has 0 aliphatic heterocycles. The van der Waals surface area contributed by atoms with Crippen molar-refractivity contribution in [2.24, 2.45) is 0 Å². The average Bonchev–Trinajstić information content (AvgIpc) is 2.64. The summed E-state index contributed by atoms with van der Waals surface area (Å²) in [6.07, 6.45) is 1.88. The van der Waals surface area contributed by atoms with Crippen LogP contribution < -0.4 is 10.6 Å². The first-order chi connectivity index (χ1) is 12.7. The number of aryl methyl sites for hydroxylation is 1. The molecule has 144 valence electrons. The first kappa shape index (κ1) is 20.4. The molecule has 0 bridgehead atoms. The number of sulfone groups is 1. The summed E-state index contributed by atoms with van der Waals surface area (Å²) in [5.41, 5.74) is 1.53. The van der Waals surface area contributed by atoms with Gasteiger partial charge in [0.15, 0.2) is 9.84 Å². The summed E-state index contributed by atoms with van der Waals surface area (Å²) in [4.78, 5) is 22.5. The maximum absolute atomic E-state index is 12.1. The Kier molecular flexibility index (Phi) is 6.51. The Morgan fingerprint density at radius 3 is 2.33 bits per heavy atom. The van der Waals surface area contributed by atoms with E-state index >= 15 is 0 Å². The van der Waals surface area contributed by atoms with Crippen LogP contribution in [0.15, 0.2) is 47.4 Å². The van der Waals surface area contributed by atoms with E-state index in [1.165, 1.54) is 12.1 Å². The number of anilines is 1. The van der Waals surface area contributed by atoms with Gasteiger partial charge < -0.3 is 10.6 Å². The summed E-state index contributed by atoms with van der Waals surface area (Å²) >= 11 is 0. The summed E-state index contributed by atoms with van der Waals surface area (Å²) in [5, 5.41) is 16.8. The van der Waals surface area contributed by atoms with Crippen LogP contribution in [0, 0.1) is 10.1 Å². The maximum atomic E-state index is 12.1. The molecule has 0 atom stereocenters. The third-order valence-corrected chi connectivity index (χ3v) is 5.05. The Morgan fingerprint density at radius 1 is 1.11 bits per heavy atom. The number of carbonyl (C=O) groups excluding carboxylic acids is 1. The number of nitrogens with one attached hydrogen (secondary N) is 2. The molecule has 0 fully saturated rings. The fourth-order valence-corrected chi connectivity index (χ4v) is 3.05. The van der Waals surface area contributed by atoms with Crippen molar-refractivity contribution in [1.29, 1.82) is 0 Å². The van der Waals surface area contributed by atoms with Crippen LogP contribution >= 0.6 is 0 Å². The van der Waals surface area contributed by atoms with Gasteiger partial charge in [-0.3, -0.25) is 14.9 Å². The van der Waals surface area contributed by atoms with E-state index in [0.717, 1.165) is 24.3 Å². The Hall–Kier alpha value is -2.94. The van der Waals surface area contributed by atoms with Gasteiger partial charge >= 0.3 is 0 Å². The smallest absolute Gasteiger partial charge is 0.293 e. The van der Waals surface area contributed by atoms with Gasteiger partial charge in [0.25, 0.3) is 11.6 Å². The zero-order valence-corrected chi connectivity index (χ0v) is 15.9. The Balaban J connectivity index is 1.96. The van der Waals surface area contributed by atoms with Crippen LogP contribution in [0.25, 0.3) is 0 Å². The van der Waals surface area contributed by atoms with E-state index in [1.54, 1.807) is 12.1 Å². The standard InChI is InChI=1S/C18H21N3O5S/c1-3-13-4-6-14(7-5-13)18(22)20-11-10-19-16-9-8-15(27(2,25)26)12-17(16)21(23)24/h4-9,12,19H,3,10-11H2,1-2H3,(H,20,22). The van der Waals surface area contributed by atoms with E-state index in [0.29, 0.717) is 5.56 Å². The molecule has 0 heterocycles. The predicted molar refractivity (Wildman–Crippen MR) is 103 cm³/mol. The molecule has 0 radical (unpaired) electrons. The summed E-state index contributed by atoms with van der Waals surface area (Å²) < 4.78 is 23.1. The second-order valence-corrected chi connectivity index (χ2v) is 7.96. The predicted octanol–water partition coefficient (Wildman–Crippen LogP) is 2.40. The summed E-state index contributed by atoms with van der Waals surface area (Å²) in [6, 6.07) is 10.9. The van der Waals surface area contributed by atoms with Crippen molar-refractivity contribution in [2.75, 3.05) is 24.7 Å². The van der Waals surface area contributed by atoms with Crippen molar-refractivity contribution in [3.05, 3.63) is 63.7 Å². The van der Waals surface area contributed by atoms with E-state index in [2.05, 4.69) is 10.6 Å². The molecule has 27 heavy (non-hydrogen) atoms. The van der Waals surface area contributed by atoms with Crippen molar-refractivity contribution < 1.29 is 18.1 Å². The highest BCUT2D eigenvalue weighted by molar-refractivity contribution is 7.90. The second-order valence-electron chi connectivity index (χ2n) is 5.94. The third-order valence-electron chi connectivity index (χ3n) is 3.94. The van der Waals surface area contributed by atoms with Crippen LogP contribution in [0.1, 0.15) is 22.8 Å². The molecule has 0 saturated heterocycles. The van der Waals surface area contributed by atoms with Crippen LogP contribution in [0.5, 0.6) is 0 Å². The summed E-state index contributed by atoms with van der Waals surface area (Å²) in [5.74, 6) is -0.235. The lowest BCUT2D eigenvalue weighted by Crippen LogP contribution is -2.28. The summed E-state index contributed by atoms with van der Waals surface area (Å²) in [6.45, 7) is 2.53. The van der Waals surface area contributed by atoms with E-state index in [4.69, 9.17) is 0 Å². The molecule has 0 saturated carbocycles. The number of amides is 1. The normalized spacial score (nSPS) is 11.0. The topological polar surface area (TPSA) is 118 Å². The molecule has 0 aliphatic carbocycles. The van der Waals surface area contributed by atoms with Gasteiger partial charge in [0.2, 0.25) is 0 Å². The molecule has 2 rings (SSSR count). The lowest BCUT2D eigenvalue weighted by Gasteiger charge is -2.10. The molecule has 2 aromatic rings. The van der Waals surface area contributed by atoms with Gasteiger partial charge in [-0.25, -0.2) is 8.42 Å². The highest BCUT2D eigenvalue weighted by Crippen LogP contribution is 2.27. The number of benzene rings is 2. The lowest BCUT2D eigenvalue weighted by molar-refractivity contribution is -0.384. The van der Waals surface area contributed by atoms with Gasteiger partial charge in [0.1, 0.15) is 5.69 Å². The molecule has 0 aromatic heterocycles. The van der Waals surface area contributed by atoms with Gasteiger partial charge in [0, 0.05) is 31.0 Å². The highest BCUT2D eigenvalue weighted by atomic mass is 32.2. The van der Waals surface area contributed by atoms with Crippen LogP contribution in [0.4, 0.5) is 11.4 Å². The van der Waals surface area contributed by atoms with Gasteiger partial charge in [0.05, 0.1) is 9.82 Å². The molecular weight excluding hydrogens is 370 g/mol. The molecule has 2 N–H and O–H groups in total. The second kappa shape index (κ2) is 8.63. The van der Waals surface area contributed by atoms with Crippen LogP contribution in [-0.2, 0) is 16.3 Å². The van der Waals surface area contributed by atoms with Crippen molar-refractivity contribution in [3.63, 3.8) is 0 Å². The van der Waals surface area contributed by atoms with Crippen LogP contribution in [-0.4, -0.2) is 38.6 Å². The molecule has 0 spiro atoms. The van der Waals surface area contributed by atoms with E-state index in [1.807, 2.05) is 19.1 Å². The number of nitro groups is 1. The molecule has 0 aliphatic rings.